The van der Waals surface area contributed by atoms with Gasteiger partial charge in [-0.2, -0.15) is 0 Å². The van der Waals surface area contributed by atoms with Crippen LogP contribution >= 0.6 is 0 Å². The predicted octanol–water partition coefficient (Wildman–Crippen LogP) is 1.01. The molecule has 0 aromatic heterocycles. The summed E-state index contributed by atoms with van der Waals surface area (Å²) in [5.41, 5.74) is 0. The molecule has 0 aromatic rings. The number of hydrogen-bond acceptors (Lipinski definition) is 2. The van der Waals surface area contributed by atoms with Crippen LogP contribution in [0.1, 0.15) is 19.3 Å². The van der Waals surface area contributed by atoms with Gasteiger partial charge in [0.2, 0.25) is 5.91 Å². The SMILES string of the molecule is [CH2]CCCC(=O)N(C)OC. The van der Waals surface area contributed by atoms with Crippen molar-refractivity contribution in [2.45, 2.75) is 19.3 Å². The van der Waals surface area contributed by atoms with Crippen LogP contribution in [0.4, 0.5) is 0 Å². The Hall–Kier alpha value is -0.570. The topological polar surface area (TPSA) is 29.5 Å². The summed E-state index contributed by atoms with van der Waals surface area (Å²) in [5, 5.41) is 1.23. The van der Waals surface area contributed by atoms with Crippen molar-refractivity contribution < 1.29 is 9.63 Å². The van der Waals surface area contributed by atoms with Crippen molar-refractivity contribution in [3.05, 3.63) is 6.92 Å². The minimum atomic E-state index is 0.00569. The van der Waals surface area contributed by atoms with Crippen LogP contribution in [0.25, 0.3) is 0 Å². The lowest BCUT2D eigenvalue weighted by Gasteiger charge is -2.12. The molecule has 0 atom stereocenters. The van der Waals surface area contributed by atoms with Crippen molar-refractivity contribution in [1.82, 2.24) is 5.06 Å². The first-order valence-electron chi connectivity index (χ1n) is 3.32. The van der Waals surface area contributed by atoms with E-state index in [0.29, 0.717) is 6.42 Å². The van der Waals surface area contributed by atoms with Crippen molar-refractivity contribution in [3.8, 4) is 0 Å². The largest absolute Gasteiger partial charge is 0.275 e. The minimum Gasteiger partial charge on any atom is -0.275 e. The number of amides is 1. The standard InChI is InChI=1S/C7H14NO2/c1-4-5-6-7(9)8(2)10-3/h1,4-6H2,2-3H3. The monoisotopic (exact) mass is 144 g/mol. The molecule has 0 aliphatic heterocycles. The molecule has 3 nitrogen and oxygen atoms in total. The summed E-state index contributed by atoms with van der Waals surface area (Å²) in [6.45, 7) is 3.63. The summed E-state index contributed by atoms with van der Waals surface area (Å²) < 4.78 is 0. The molecule has 0 aromatic carbocycles. The Labute approximate surface area is 61.9 Å². The van der Waals surface area contributed by atoms with Gasteiger partial charge in [0.1, 0.15) is 0 Å². The molecule has 1 amide bonds. The van der Waals surface area contributed by atoms with E-state index in [4.69, 9.17) is 0 Å². The molecule has 0 bridgehead atoms. The number of carbonyl (C=O) groups excluding carboxylic acids is 1. The van der Waals surface area contributed by atoms with Crippen LogP contribution in [-0.4, -0.2) is 25.1 Å². The van der Waals surface area contributed by atoms with Crippen LogP contribution in [0.3, 0.4) is 0 Å². The fourth-order valence-electron chi connectivity index (χ4n) is 0.535. The summed E-state index contributed by atoms with van der Waals surface area (Å²) in [6, 6.07) is 0. The van der Waals surface area contributed by atoms with Crippen LogP contribution in [0.2, 0.25) is 0 Å². The molecule has 0 unspecified atom stereocenters. The van der Waals surface area contributed by atoms with Gasteiger partial charge in [0.05, 0.1) is 7.11 Å². The molecule has 0 aliphatic rings. The average Bonchev–Trinajstić information content (AvgIpc) is 1.98. The maximum absolute atomic E-state index is 10.9. The van der Waals surface area contributed by atoms with Gasteiger partial charge in [-0.15, -0.1) is 0 Å². The molecule has 0 aliphatic carbocycles. The zero-order valence-corrected chi connectivity index (χ0v) is 6.59. The van der Waals surface area contributed by atoms with Gasteiger partial charge in [-0.3, -0.25) is 9.63 Å². The van der Waals surface area contributed by atoms with E-state index in [2.05, 4.69) is 11.8 Å². The van der Waals surface area contributed by atoms with Gasteiger partial charge in [-0.05, 0) is 6.42 Å². The maximum atomic E-state index is 10.9. The normalized spacial score (nSPS) is 9.50. The molecule has 0 spiro atoms. The van der Waals surface area contributed by atoms with E-state index in [1.165, 1.54) is 12.2 Å². The first-order chi connectivity index (χ1) is 4.72. The van der Waals surface area contributed by atoms with Crippen molar-refractivity contribution in [3.63, 3.8) is 0 Å². The summed E-state index contributed by atoms with van der Waals surface area (Å²) in [6.07, 6.45) is 2.14. The van der Waals surface area contributed by atoms with Gasteiger partial charge < -0.3 is 0 Å². The molecule has 0 fully saturated rings. The second-order valence-electron chi connectivity index (χ2n) is 2.03. The van der Waals surface area contributed by atoms with Gasteiger partial charge >= 0.3 is 0 Å². The molecule has 59 valence electrons. The average molecular weight is 144 g/mol. The number of hydroxylamine groups is 2. The van der Waals surface area contributed by atoms with Crippen LogP contribution in [-0.2, 0) is 9.63 Å². The summed E-state index contributed by atoms with van der Waals surface area (Å²) in [5.74, 6) is 0.00569. The van der Waals surface area contributed by atoms with Crippen LogP contribution in [0.15, 0.2) is 0 Å². The lowest BCUT2D eigenvalue weighted by Crippen LogP contribution is -2.24. The van der Waals surface area contributed by atoms with Gasteiger partial charge in [0.25, 0.3) is 0 Å². The Bertz CT molecular complexity index is 104. The van der Waals surface area contributed by atoms with Crippen molar-refractivity contribution in [1.29, 1.82) is 0 Å². The van der Waals surface area contributed by atoms with Gasteiger partial charge in [-0.1, -0.05) is 13.3 Å². The van der Waals surface area contributed by atoms with Gasteiger partial charge in [0.15, 0.2) is 0 Å². The Kier molecular flexibility index (Phi) is 4.94. The first kappa shape index (κ1) is 9.43. The van der Waals surface area contributed by atoms with Crippen molar-refractivity contribution in [2.75, 3.05) is 14.2 Å². The molecule has 0 heterocycles. The zero-order valence-electron chi connectivity index (χ0n) is 6.59. The summed E-state index contributed by atoms with van der Waals surface area (Å²) in [7, 11) is 3.08. The number of rotatable bonds is 4. The molecule has 1 radical (unpaired) electrons. The van der Waals surface area contributed by atoms with E-state index in [9.17, 15) is 4.79 Å². The van der Waals surface area contributed by atoms with Crippen LogP contribution in [0.5, 0.6) is 0 Å². The molecule has 0 saturated carbocycles. The van der Waals surface area contributed by atoms with E-state index in [-0.39, 0.29) is 5.91 Å². The minimum absolute atomic E-state index is 0.00569. The first-order valence-corrected chi connectivity index (χ1v) is 3.32. The Morgan fingerprint density at radius 3 is 2.70 bits per heavy atom. The quantitative estimate of drug-likeness (QED) is 0.551. The van der Waals surface area contributed by atoms with Crippen LogP contribution in [0, 0.1) is 6.92 Å². The fourth-order valence-corrected chi connectivity index (χ4v) is 0.535. The third-order valence-electron chi connectivity index (χ3n) is 1.27. The summed E-state index contributed by atoms with van der Waals surface area (Å²) >= 11 is 0. The van der Waals surface area contributed by atoms with E-state index >= 15 is 0 Å². The second kappa shape index (κ2) is 5.23. The van der Waals surface area contributed by atoms with E-state index in [1.807, 2.05) is 0 Å². The summed E-state index contributed by atoms with van der Waals surface area (Å²) in [4.78, 5) is 15.6. The van der Waals surface area contributed by atoms with E-state index in [1.54, 1.807) is 7.05 Å². The molecule has 0 rings (SSSR count). The lowest BCUT2D eigenvalue weighted by atomic mass is 10.2. The molecular weight excluding hydrogens is 130 g/mol. The molecule has 3 heteroatoms. The third-order valence-corrected chi connectivity index (χ3v) is 1.27. The zero-order chi connectivity index (χ0) is 7.98. The third kappa shape index (κ3) is 3.45. The highest BCUT2D eigenvalue weighted by atomic mass is 16.7. The smallest absolute Gasteiger partial charge is 0.245 e. The van der Waals surface area contributed by atoms with E-state index in [0.717, 1.165) is 12.8 Å². The number of unbranched alkanes of at least 4 members (excludes halogenated alkanes) is 1. The van der Waals surface area contributed by atoms with Crippen molar-refractivity contribution in [2.24, 2.45) is 0 Å². The number of carbonyl (C=O) groups is 1. The lowest BCUT2D eigenvalue weighted by molar-refractivity contribution is -0.168. The Morgan fingerprint density at radius 2 is 2.30 bits per heavy atom. The van der Waals surface area contributed by atoms with Crippen LogP contribution < -0.4 is 0 Å². The fraction of sp³-hybridized carbons (Fsp3) is 0.714. The molecule has 0 saturated heterocycles. The van der Waals surface area contributed by atoms with Gasteiger partial charge in [-0.25, -0.2) is 5.06 Å². The van der Waals surface area contributed by atoms with E-state index < -0.39 is 0 Å². The highest BCUT2D eigenvalue weighted by molar-refractivity contribution is 5.74. The second-order valence-corrected chi connectivity index (χ2v) is 2.03. The number of hydrogen-bond donors (Lipinski definition) is 0. The highest BCUT2D eigenvalue weighted by Gasteiger charge is 2.04. The van der Waals surface area contributed by atoms with Gasteiger partial charge in [0, 0.05) is 13.5 Å². The highest BCUT2D eigenvalue weighted by Crippen LogP contribution is 1.97. The van der Waals surface area contributed by atoms with Crippen molar-refractivity contribution >= 4 is 5.91 Å². The maximum Gasteiger partial charge on any atom is 0.245 e. The Balaban J connectivity index is 3.42. The number of nitrogens with zero attached hydrogens (tertiary/aromatic N) is 1. The molecule has 0 N–H and O–H groups in total. The molecular formula is C7H14NO2. The Morgan fingerprint density at radius 1 is 1.70 bits per heavy atom. The molecule has 10 heavy (non-hydrogen) atoms. The predicted molar refractivity (Wildman–Crippen MR) is 39.0 cm³/mol.